The maximum atomic E-state index is 5.48. The predicted octanol–water partition coefficient (Wildman–Crippen LogP) is 3.43. The Balaban J connectivity index is 0. The molecule has 18 heavy (non-hydrogen) atoms. The second-order valence-electron chi connectivity index (χ2n) is 4.66. The first-order chi connectivity index (χ1) is 8.66. The van der Waals surface area contributed by atoms with Gasteiger partial charge < -0.3 is 14.4 Å². The molecule has 3 heteroatoms. The van der Waals surface area contributed by atoms with Crippen molar-refractivity contribution in [1.82, 2.24) is 4.90 Å². The molecule has 0 aromatic rings. The molecule has 0 bridgehead atoms. The highest BCUT2D eigenvalue weighted by atomic mass is 16.5. The van der Waals surface area contributed by atoms with Gasteiger partial charge in [0, 0.05) is 13.2 Å². The molecule has 0 rings (SSSR count). The quantitative estimate of drug-likeness (QED) is 0.532. The zero-order valence-electron chi connectivity index (χ0n) is 13.5. The average Bonchev–Trinajstić information content (AvgIpc) is 2.38. The van der Waals surface area contributed by atoms with Crippen molar-refractivity contribution in [2.75, 3.05) is 46.6 Å². The van der Waals surface area contributed by atoms with Crippen LogP contribution in [-0.4, -0.2) is 51.5 Å². The third kappa shape index (κ3) is 18.3. The SMILES string of the molecule is CC.CCN(C)CCOCCOCCCC(C)C. The van der Waals surface area contributed by atoms with E-state index in [9.17, 15) is 0 Å². The molecule has 0 amide bonds. The molecule has 0 aliphatic carbocycles. The smallest absolute Gasteiger partial charge is 0.0701 e. The first-order valence-corrected chi connectivity index (χ1v) is 7.50. The van der Waals surface area contributed by atoms with Crippen molar-refractivity contribution in [2.45, 2.75) is 47.5 Å². The Kier molecular flexibility index (Phi) is 18.9. The second kappa shape index (κ2) is 16.9. The normalized spacial score (nSPS) is 10.7. The summed E-state index contributed by atoms with van der Waals surface area (Å²) in [5.74, 6) is 0.782. The molecule has 3 nitrogen and oxygen atoms in total. The highest BCUT2D eigenvalue weighted by Gasteiger charge is 1.96. The van der Waals surface area contributed by atoms with Crippen LogP contribution in [-0.2, 0) is 9.47 Å². The minimum atomic E-state index is 0.721. The second-order valence-corrected chi connectivity index (χ2v) is 4.66. The first kappa shape index (κ1) is 20.2. The molecule has 112 valence electrons. The third-order valence-electron chi connectivity index (χ3n) is 2.60. The summed E-state index contributed by atoms with van der Waals surface area (Å²) in [6, 6.07) is 0. The van der Waals surface area contributed by atoms with Crippen LogP contribution in [0.4, 0.5) is 0 Å². The fraction of sp³-hybridized carbons (Fsp3) is 1.00. The van der Waals surface area contributed by atoms with E-state index < -0.39 is 0 Å². The molecule has 0 radical (unpaired) electrons. The summed E-state index contributed by atoms with van der Waals surface area (Å²) in [7, 11) is 2.10. The summed E-state index contributed by atoms with van der Waals surface area (Å²) in [4.78, 5) is 2.24. The van der Waals surface area contributed by atoms with Crippen molar-refractivity contribution in [3.8, 4) is 0 Å². The Hall–Kier alpha value is -0.120. The van der Waals surface area contributed by atoms with Crippen LogP contribution in [0.25, 0.3) is 0 Å². The molecule has 0 N–H and O–H groups in total. The standard InChI is InChI=1S/C13H29NO2.C2H6/c1-5-14(4)8-10-16-12-11-15-9-6-7-13(2)3;1-2/h13H,5-12H2,1-4H3;1-2H3. The zero-order valence-corrected chi connectivity index (χ0v) is 13.5. The molecular formula is C15H35NO2. The first-order valence-electron chi connectivity index (χ1n) is 7.50. The maximum Gasteiger partial charge on any atom is 0.0701 e. The van der Waals surface area contributed by atoms with Gasteiger partial charge in [0.1, 0.15) is 0 Å². The van der Waals surface area contributed by atoms with Gasteiger partial charge in [-0.2, -0.15) is 0 Å². The molecule has 0 spiro atoms. The van der Waals surface area contributed by atoms with Gasteiger partial charge in [0.15, 0.2) is 0 Å². The molecule has 0 unspecified atom stereocenters. The number of likely N-dealkylation sites (N-methyl/N-ethyl adjacent to an activating group) is 1. The lowest BCUT2D eigenvalue weighted by atomic mass is 10.1. The summed E-state index contributed by atoms with van der Waals surface area (Å²) in [5.41, 5.74) is 0. The zero-order chi connectivity index (χ0) is 14.2. The monoisotopic (exact) mass is 261 g/mol. The van der Waals surface area contributed by atoms with E-state index in [1.54, 1.807) is 0 Å². The average molecular weight is 261 g/mol. The van der Waals surface area contributed by atoms with Crippen molar-refractivity contribution < 1.29 is 9.47 Å². The van der Waals surface area contributed by atoms with Crippen molar-refractivity contribution >= 4 is 0 Å². The van der Waals surface area contributed by atoms with E-state index in [4.69, 9.17) is 9.47 Å². The van der Waals surface area contributed by atoms with Crippen LogP contribution in [0.2, 0.25) is 0 Å². The Morgan fingerprint density at radius 2 is 1.50 bits per heavy atom. The van der Waals surface area contributed by atoms with Gasteiger partial charge in [0.05, 0.1) is 19.8 Å². The van der Waals surface area contributed by atoms with Gasteiger partial charge in [0.25, 0.3) is 0 Å². The Labute approximate surface area is 115 Å². The van der Waals surface area contributed by atoms with Gasteiger partial charge >= 0.3 is 0 Å². The van der Waals surface area contributed by atoms with Gasteiger partial charge in [0.2, 0.25) is 0 Å². The molecule has 0 saturated carbocycles. The van der Waals surface area contributed by atoms with E-state index in [1.807, 2.05) is 13.8 Å². The topological polar surface area (TPSA) is 21.7 Å². The summed E-state index contributed by atoms with van der Waals surface area (Å²) >= 11 is 0. The fourth-order valence-corrected chi connectivity index (χ4v) is 1.29. The van der Waals surface area contributed by atoms with E-state index in [1.165, 1.54) is 6.42 Å². The van der Waals surface area contributed by atoms with E-state index in [2.05, 4.69) is 32.7 Å². The van der Waals surface area contributed by atoms with Gasteiger partial charge in [-0.25, -0.2) is 0 Å². The number of nitrogens with zero attached hydrogens (tertiary/aromatic N) is 1. The van der Waals surface area contributed by atoms with Crippen LogP contribution < -0.4 is 0 Å². The van der Waals surface area contributed by atoms with E-state index >= 15 is 0 Å². The lowest BCUT2D eigenvalue weighted by Gasteiger charge is -2.13. The summed E-state index contributed by atoms with van der Waals surface area (Å²) < 4.78 is 10.9. The van der Waals surface area contributed by atoms with E-state index in [-0.39, 0.29) is 0 Å². The van der Waals surface area contributed by atoms with Gasteiger partial charge in [-0.05, 0) is 32.4 Å². The van der Waals surface area contributed by atoms with Crippen LogP contribution in [0.15, 0.2) is 0 Å². The molecule has 0 saturated heterocycles. The lowest BCUT2D eigenvalue weighted by molar-refractivity contribution is 0.0395. The van der Waals surface area contributed by atoms with E-state index in [0.29, 0.717) is 0 Å². The summed E-state index contributed by atoms with van der Waals surface area (Å²) in [5, 5.41) is 0. The largest absolute Gasteiger partial charge is 0.379 e. The van der Waals surface area contributed by atoms with Crippen LogP contribution in [0.5, 0.6) is 0 Å². The van der Waals surface area contributed by atoms with Crippen LogP contribution in [0.1, 0.15) is 47.5 Å². The van der Waals surface area contributed by atoms with Crippen LogP contribution in [0.3, 0.4) is 0 Å². The highest BCUT2D eigenvalue weighted by Crippen LogP contribution is 2.02. The molecule has 0 aliphatic rings. The van der Waals surface area contributed by atoms with E-state index in [0.717, 1.165) is 51.9 Å². The molecule has 0 atom stereocenters. The van der Waals surface area contributed by atoms with Gasteiger partial charge in [-0.3, -0.25) is 0 Å². The lowest BCUT2D eigenvalue weighted by Crippen LogP contribution is -2.23. The molecule has 0 aromatic carbocycles. The summed E-state index contributed by atoms with van der Waals surface area (Å²) in [6.07, 6.45) is 2.42. The van der Waals surface area contributed by atoms with Crippen LogP contribution in [0, 0.1) is 5.92 Å². The predicted molar refractivity (Wildman–Crippen MR) is 80.2 cm³/mol. The van der Waals surface area contributed by atoms with Gasteiger partial charge in [-0.15, -0.1) is 0 Å². The molecule has 0 aliphatic heterocycles. The minimum absolute atomic E-state index is 0.721. The molecule has 0 fully saturated rings. The number of hydrogen-bond donors (Lipinski definition) is 0. The molecule has 0 aromatic heterocycles. The summed E-state index contributed by atoms with van der Waals surface area (Å²) in [6.45, 7) is 15.8. The highest BCUT2D eigenvalue weighted by molar-refractivity contribution is 4.46. The van der Waals surface area contributed by atoms with Gasteiger partial charge in [-0.1, -0.05) is 34.6 Å². The van der Waals surface area contributed by atoms with Crippen LogP contribution >= 0.6 is 0 Å². The fourth-order valence-electron chi connectivity index (χ4n) is 1.29. The Morgan fingerprint density at radius 1 is 0.944 bits per heavy atom. The molecular weight excluding hydrogens is 226 g/mol. The number of rotatable bonds is 11. The Morgan fingerprint density at radius 3 is 2.00 bits per heavy atom. The molecule has 0 heterocycles. The Bertz CT molecular complexity index is 140. The number of hydrogen-bond acceptors (Lipinski definition) is 3. The maximum absolute atomic E-state index is 5.48. The minimum Gasteiger partial charge on any atom is -0.379 e. The number of ether oxygens (including phenoxy) is 2. The van der Waals surface area contributed by atoms with Crippen molar-refractivity contribution in [2.24, 2.45) is 5.92 Å². The third-order valence-corrected chi connectivity index (χ3v) is 2.60. The van der Waals surface area contributed by atoms with Crippen molar-refractivity contribution in [1.29, 1.82) is 0 Å². The van der Waals surface area contributed by atoms with Crippen molar-refractivity contribution in [3.63, 3.8) is 0 Å². The van der Waals surface area contributed by atoms with Crippen molar-refractivity contribution in [3.05, 3.63) is 0 Å².